The minimum atomic E-state index is -0.834. The second-order valence-corrected chi connectivity index (χ2v) is 10.8. The van der Waals surface area contributed by atoms with Gasteiger partial charge in [0.25, 0.3) is 11.2 Å². The molecule has 4 heterocycles. The van der Waals surface area contributed by atoms with Gasteiger partial charge in [-0.25, -0.2) is 18.1 Å². The Hall–Kier alpha value is -5.08. The third kappa shape index (κ3) is 4.55. The first-order valence-electron chi connectivity index (χ1n) is 12.6. The molecule has 0 saturated carbocycles. The Bertz CT molecular complexity index is 2110. The Balaban J connectivity index is 1.71. The molecule has 0 N–H and O–H groups in total. The summed E-state index contributed by atoms with van der Waals surface area (Å²) >= 11 is 1.11. The minimum absolute atomic E-state index is 0.104. The van der Waals surface area contributed by atoms with Gasteiger partial charge in [-0.3, -0.25) is 23.9 Å². The molecule has 0 atom stereocenters. The smallest absolute Gasteiger partial charge is 0.305 e. The topological polar surface area (TPSA) is 121 Å². The summed E-state index contributed by atoms with van der Waals surface area (Å²) in [5, 5.41) is 19.2. The van der Waals surface area contributed by atoms with Gasteiger partial charge in [0, 0.05) is 35.3 Å². The molecule has 0 fully saturated rings. The SMILES string of the molecule is CN(C)Cc1c(-c2ccc([N+](=O)[O-])cc2)sc2c1c(=O)n(-c1ccc3nncn3c1)c(=O)n2Cc1c(F)cccc1F. The van der Waals surface area contributed by atoms with Gasteiger partial charge in [-0.1, -0.05) is 6.07 Å². The van der Waals surface area contributed by atoms with E-state index in [4.69, 9.17) is 0 Å². The van der Waals surface area contributed by atoms with E-state index in [1.54, 1.807) is 28.7 Å². The molecule has 0 aliphatic heterocycles. The number of hydrogen-bond acceptors (Lipinski definition) is 8. The van der Waals surface area contributed by atoms with Gasteiger partial charge in [0.2, 0.25) is 0 Å². The zero-order valence-electron chi connectivity index (χ0n) is 22.2. The van der Waals surface area contributed by atoms with Crippen LogP contribution in [0.3, 0.4) is 0 Å². The molecule has 14 heteroatoms. The molecule has 42 heavy (non-hydrogen) atoms. The highest BCUT2D eigenvalue weighted by atomic mass is 32.1. The maximum absolute atomic E-state index is 14.8. The largest absolute Gasteiger partial charge is 0.337 e. The molecule has 0 spiro atoms. The van der Waals surface area contributed by atoms with Crippen molar-refractivity contribution < 1.29 is 13.7 Å². The van der Waals surface area contributed by atoms with E-state index in [0.29, 0.717) is 21.7 Å². The van der Waals surface area contributed by atoms with Crippen LogP contribution in [0.2, 0.25) is 0 Å². The highest BCUT2D eigenvalue weighted by Crippen LogP contribution is 2.38. The number of nitro groups is 1. The zero-order valence-corrected chi connectivity index (χ0v) is 23.0. The van der Waals surface area contributed by atoms with Crippen LogP contribution < -0.4 is 11.2 Å². The number of nitrogens with zero attached hydrogens (tertiary/aromatic N) is 7. The van der Waals surface area contributed by atoms with E-state index in [1.165, 1.54) is 35.3 Å². The predicted molar refractivity (Wildman–Crippen MR) is 153 cm³/mol. The van der Waals surface area contributed by atoms with Gasteiger partial charge < -0.3 is 4.90 Å². The van der Waals surface area contributed by atoms with Crippen molar-refractivity contribution in [2.24, 2.45) is 0 Å². The monoisotopic (exact) mass is 589 g/mol. The number of pyridine rings is 1. The fourth-order valence-electron chi connectivity index (χ4n) is 4.86. The summed E-state index contributed by atoms with van der Waals surface area (Å²) in [4.78, 5) is 41.7. The highest BCUT2D eigenvalue weighted by Gasteiger charge is 2.25. The van der Waals surface area contributed by atoms with E-state index in [-0.39, 0.29) is 33.7 Å². The van der Waals surface area contributed by atoms with Crippen molar-refractivity contribution in [3.63, 3.8) is 0 Å². The van der Waals surface area contributed by atoms with Crippen LogP contribution in [-0.2, 0) is 13.1 Å². The van der Waals surface area contributed by atoms with Crippen LogP contribution in [-0.4, -0.2) is 47.7 Å². The number of hydrogen-bond donors (Lipinski definition) is 0. The fourth-order valence-corrected chi connectivity index (χ4v) is 6.16. The Morgan fingerprint density at radius 3 is 2.38 bits per heavy atom. The number of aromatic nitrogens is 5. The number of benzene rings is 2. The molecule has 4 aromatic heterocycles. The molecule has 212 valence electrons. The average Bonchev–Trinajstić information content (AvgIpc) is 3.57. The minimum Gasteiger partial charge on any atom is -0.305 e. The maximum atomic E-state index is 14.8. The summed E-state index contributed by atoms with van der Waals surface area (Å²) < 4.78 is 33.4. The molecule has 2 aromatic carbocycles. The van der Waals surface area contributed by atoms with Crippen LogP contribution in [0.5, 0.6) is 0 Å². The average molecular weight is 590 g/mol. The number of fused-ring (bicyclic) bond motifs is 2. The Kier molecular flexibility index (Phi) is 6.71. The van der Waals surface area contributed by atoms with E-state index >= 15 is 0 Å². The van der Waals surface area contributed by atoms with E-state index in [1.807, 2.05) is 19.0 Å². The Morgan fingerprint density at radius 2 is 1.71 bits per heavy atom. The lowest BCUT2D eigenvalue weighted by atomic mass is 10.1. The fraction of sp³-hybridized carbons (Fsp3) is 0.143. The molecule has 0 aliphatic carbocycles. The molecule has 6 aromatic rings. The Labute approximate surface area is 239 Å². The van der Waals surface area contributed by atoms with E-state index < -0.39 is 34.4 Å². The number of non-ortho nitro benzene ring substituents is 1. The third-order valence-electron chi connectivity index (χ3n) is 6.80. The first-order valence-corrected chi connectivity index (χ1v) is 13.4. The summed E-state index contributed by atoms with van der Waals surface area (Å²) in [7, 11) is 3.62. The first-order chi connectivity index (χ1) is 20.1. The van der Waals surface area contributed by atoms with Gasteiger partial charge in [0.1, 0.15) is 22.8 Å². The van der Waals surface area contributed by atoms with Gasteiger partial charge in [-0.05, 0) is 61.6 Å². The van der Waals surface area contributed by atoms with Crippen molar-refractivity contribution in [3.05, 3.63) is 121 Å². The van der Waals surface area contributed by atoms with Crippen LogP contribution in [0, 0.1) is 21.7 Å². The Morgan fingerprint density at radius 1 is 1.00 bits per heavy atom. The summed E-state index contributed by atoms with van der Waals surface area (Å²) in [5.74, 6) is -1.67. The van der Waals surface area contributed by atoms with E-state index in [2.05, 4.69) is 10.2 Å². The molecular formula is C28H21F2N7O4S. The van der Waals surface area contributed by atoms with Crippen LogP contribution >= 0.6 is 11.3 Å². The maximum Gasteiger partial charge on any atom is 0.337 e. The number of thiophene rings is 1. The molecule has 0 unspecified atom stereocenters. The van der Waals surface area contributed by atoms with Crippen LogP contribution in [0.25, 0.3) is 32.0 Å². The van der Waals surface area contributed by atoms with Crippen molar-refractivity contribution in [2.75, 3.05) is 14.1 Å². The number of halogens is 2. The van der Waals surface area contributed by atoms with Crippen LogP contribution in [0.15, 0.2) is 76.7 Å². The quantitative estimate of drug-likeness (QED) is 0.202. The van der Waals surface area contributed by atoms with Gasteiger partial charge in [-0.15, -0.1) is 21.5 Å². The highest BCUT2D eigenvalue weighted by molar-refractivity contribution is 7.22. The van der Waals surface area contributed by atoms with Crippen molar-refractivity contribution in [2.45, 2.75) is 13.1 Å². The van der Waals surface area contributed by atoms with Crippen molar-refractivity contribution in [3.8, 4) is 16.1 Å². The van der Waals surface area contributed by atoms with Crippen molar-refractivity contribution in [1.29, 1.82) is 0 Å². The van der Waals surface area contributed by atoms with Crippen molar-refractivity contribution >= 4 is 32.9 Å². The first kappa shape index (κ1) is 27.1. The lowest BCUT2D eigenvalue weighted by Crippen LogP contribution is -2.39. The van der Waals surface area contributed by atoms with Gasteiger partial charge in [0.05, 0.1) is 22.5 Å². The normalized spacial score (nSPS) is 11.6. The summed E-state index contributed by atoms with van der Waals surface area (Å²) in [5.41, 5.74) is 0.0102. The van der Waals surface area contributed by atoms with E-state index in [0.717, 1.165) is 28.0 Å². The summed E-state index contributed by atoms with van der Waals surface area (Å²) in [6, 6.07) is 12.4. The lowest BCUT2D eigenvalue weighted by Gasteiger charge is -2.15. The van der Waals surface area contributed by atoms with Gasteiger partial charge >= 0.3 is 5.69 Å². The van der Waals surface area contributed by atoms with Crippen LogP contribution in [0.1, 0.15) is 11.1 Å². The third-order valence-corrected chi connectivity index (χ3v) is 8.10. The zero-order chi connectivity index (χ0) is 29.7. The molecular weight excluding hydrogens is 568 g/mol. The molecule has 11 nitrogen and oxygen atoms in total. The van der Waals surface area contributed by atoms with Gasteiger partial charge in [0.15, 0.2) is 5.65 Å². The molecule has 0 saturated heterocycles. The number of rotatable bonds is 7. The second kappa shape index (κ2) is 10.4. The van der Waals surface area contributed by atoms with Gasteiger partial charge in [-0.2, -0.15) is 0 Å². The molecule has 0 bridgehead atoms. The van der Waals surface area contributed by atoms with Crippen molar-refractivity contribution in [1.82, 2.24) is 28.6 Å². The summed E-state index contributed by atoms with van der Waals surface area (Å²) in [6.45, 7) is -0.205. The molecule has 0 amide bonds. The molecule has 0 aliphatic rings. The number of nitro benzene ring substituents is 1. The van der Waals surface area contributed by atoms with Crippen LogP contribution in [0.4, 0.5) is 14.5 Å². The lowest BCUT2D eigenvalue weighted by molar-refractivity contribution is -0.384. The second-order valence-electron chi connectivity index (χ2n) is 9.82. The molecule has 0 radical (unpaired) electrons. The summed E-state index contributed by atoms with van der Waals surface area (Å²) in [6.07, 6.45) is 2.94. The predicted octanol–water partition coefficient (Wildman–Crippen LogP) is 4.22. The molecule has 6 rings (SSSR count). The van der Waals surface area contributed by atoms with E-state index in [9.17, 15) is 28.5 Å². The standard InChI is InChI=1S/C28H21F2N7O4S/c1-33(2)13-20-24-26(38)36(18-10-11-23-32-31-15-34(23)12-18)28(39)35(14-19-21(29)4-3-5-22(19)30)27(24)42-25(20)16-6-8-17(9-7-16)37(40)41/h3-12,15H,13-14H2,1-2H3.